The van der Waals surface area contributed by atoms with Gasteiger partial charge in [0, 0.05) is 31.1 Å². The molecule has 0 aliphatic rings. The van der Waals surface area contributed by atoms with Crippen molar-refractivity contribution in [1.29, 1.82) is 0 Å². The molecule has 0 atom stereocenters. The fraction of sp³-hybridized carbons (Fsp3) is 0. The molecule has 0 fully saturated rings. The summed E-state index contributed by atoms with van der Waals surface area (Å²) in [5.74, 6) is 0. The number of hydrogen-bond donors (Lipinski definition) is 0. The second-order valence-electron chi connectivity index (χ2n) is 0. The van der Waals surface area contributed by atoms with Gasteiger partial charge >= 0.3 is 0 Å². The van der Waals surface area contributed by atoms with Crippen LogP contribution in [0.1, 0.15) is 0 Å². The normalized spacial score (nSPS) is 0. The van der Waals surface area contributed by atoms with Crippen LogP contribution in [0.2, 0.25) is 0 Å². The maximum absolute atomic E-state index is 0. The van der Waals surface area contributed by atoms with E-state index in [0.717, 1.165) is 0 Å². The molecule has 2 nitrogen and oxygen atoms in total. The second kappa shape index (κ2) is 28.5. The summed E-state index contributed by atoms with van der Waals surface area (Å²) in [7, 11) is 0. The molecule has 0 amide bonds. The second-order valence-corrected chi connectivity index (χ2v) is 0. The predicted molar refractivity (Wildman–Crippen MR) is 14.5 cm³/mol. The zero-order valence-electron chi connectivity index (χ0n) is 1.91. The van der Waals surface area contributed by atoms with E-state index in [4.69, 9.17) is 0 Å². The van der Waals surface area contributed by atoms with E-state index in [0.29, 0.717) is 0 Å². The van der Waals surface area contributed by atoms with E-state index in [-0.39, 0.29) is 54.5 Å². The predicted octanol–water partition coefficient (Wildman–Crippen LogP) is -1.23. The van der Waals surface area contributed by atoms with Crippen molar-refractivity contribution in [2.45, 2.75) is 0 Å². The van der Waals surface area contributed by atoms with Gasteiger partial charge in [0.15, 0.2) is 0 Å². The molecule has 0 saturated heterocycles. The molecule has 4 heteroatoms. The maximum Gasteiger partial charge on any atom is 0 e. The average Bonchev–Trinajstić information content (AvgIpc) is 0. The summed E-state index contributed by atoms with van der Waals surface area (Å²) in [5.41, 5.74) is 0. The van der Waals surface area contributed by atoms with Gasteiger partial charge in [-0.1, -0.05) is 0 Å². The van der Waals surface area contributed by atoms with E-state index in [1.807, 2.05) is 0 Å². The Bertz CT molecular complexity index is 6.00. The molecule has 0 aliphatic heterocycles. The molecule has 4 N–H and O–H groups in total. The van der Waals surface area contributed by atoms with Crippen LogP contribution < -0.4 is 0 Å². The number of halogens is 1. The average molecular weight is 311 g/mol. The van der Waals surface area contributed by atoms with Gasteiger partial charge in [0.1, 0.15) is 0 Å². The van der Waals surface area contributed by atoms with Crippen LogP contribution in [-0.4, -0.2) is 11.0 Å². The van der Waals surface area contributed by atoms with E-state index in [9.17, 15) is 0 Å². The minimum atomic E-state index is 0. The Hall–Kier alpha value is 1.26. The summed E-state index contributed by atoms with van der Waals surface area (Å²) in [6.45, 7) is 0. The number of hydrogen-bond acceptors (Lipinski definition) is 0. The van der Waals surface area contributed by atoms with Crippen LogP contribution in [0.4, 0.5) is 0 Å². The van der Waals surface area contributed by atoms with Crippen molar-refractivity contribution in [2.75, 3.05) is 0 Å². The summed E-state index contributed by atoms with van der Waals surface area (Å²) in [6, 6.07) is 0. The molecule has 0 aromatic carbocycles. The van der Waals surface area contributed by atoms with Crippen LogP contribution in [0.25, 0.3) is 0 Å². The van der Waals surface area contributed by atoms with Gasteiger partial charge in [-0.2, -0.15) is 0 Å². The fourth-order valence-corrected chi connectivity index (χ4v) is 0. The van der Waals surface area contributed by atoms with Crippen molar-refractivity contribution >= 4 is 12.4 Å². The van der Waals surface area contributed by atoms with E-state index >= 15 is 0 Å². The first kappa shape index (κ1) is 60.0. The molecule has 0 unspecified atom stereocenters. The maximum atomic E-state index is 0. The first-order valence-electron chi connectivity index (χ1n) is 0. The van der Waals surface area contributed by atoms with Gasteiger partial charge in [0.25, 0.3) is 0 Å². The molecule has 0 heterocycles. The molecular weight excluding hydrogens is 305 g/mol. The Balaban J connectivity index is 0. The summed E-state index contributed by atoms with van der Waals surface area (Å²) in [5, 5.41) is 0. The molecule has 0 spiro atoms. The molecule has 0 saturated carbocycles. The minimum absolute atomic E-state index is 0. The van der Waals surface area contributed by atoms with Gasteiger partial charge < -0.3 is 11.0 Å². The van der Waals surface area contributed by atoms with Gasteiger partial charge in [0.2, 0.25) is 0 Å². The molecule has 4 heavy (non-hydrogen) atoms. The first-order valence-corrected chi connectivity index (χ1v) is 0. The van der Waals surface area contributed by atoms with Crippen LogP contribution >= 0.6 is 12.4 Å². The molecule has 0 radical (unpaired) electrons. The van der Waals surface area contributed by atoms with Crippen LogP contribution in [0.3, 0.4) is 0 Å². The third kappa shape index (κ3) is 10.5. The summed E-state index contributed by atoms with van der Waals surface area (Å²) >= 11 is 0. The van der Waals surface area contributed by atoms with Gasteiger partial charge in [-0.25, -0.2) is 0 Å². The molecule has 0 aliphatic carbocycles. The quantitative estimate of drug-likeness (QED) is 0.538. The zero-order valence-corrected chi connectivity index (χ0v) is 6.89. The summed E-state index contributed by atoms with van der Waals surface area (Å²) < 4.78 is 0. The molecule has 28 valence electrons. The van der Waals surface area contributed by atoms with E-state index in [1.54, 1.807) is 0 Å². The van der Waals surface area contributed by atoms with Crippen molar-refractivity contribution in [3.05, 3.63) is 0 Å². The first-order chi connectivity index (χ1) is 0. The SMILES string of the molecule is Cl.O.O.[U]. The summed E-state index contributed by atoms with van der Waals surface area (Å²) in [4.78, 5) is 0. The van der Waals surface area contributed by atoms with E-state index < -0.39 is 0 Å². The van der Waals surface area contributed by atoms with E-state index in [1.165, 1.54) is 0 Å². The topological polar surface area (TPSA) is 63.0 Å². The molecule has 0 aromatic heterocycles. The Morgan fingerprint density at radius 3 is 0.750 bits per heavy atom. The van der Waals surface area contributed by atoms with Gasteiger partial charge in [-0.05, 0) is 0 Å². The molecule has 0 bridgehead atoms. The van der Waals surface area contributed by atoms with Crippen molar-refractivity contribution in [2.24, 2.45) is 0 Å². The van der Waals surface area contributed by atoms with Crippen LogP contribution in [0.5, 0.6) is 0 Å². The van der Waals surface area contributed by atoms with Crippen molar-refractivity contribution < 1.29 is 42.1 Å². The Kier molecular flexibility index (Phi) is 427. The van der Waals surface area contributed by atoms with Crippen molar-refractivity contribution in [3.8, 4) is 0 Å². The van der Waals surface area contributed by atoms with E-state index in [2.05, 4.69) is 0 Å². The fourth-order valence-electron chi connectivity index (χ4n) is 0. The molecule has 0 rings (SSSR count). The van der Waals surface area contributed by atoms with Gasteiger partial charge in [-0.15, -0.1) is 12.4 Å². The zero-order chi connectivity index (χ0) is 0. The monoisotopic (exact) mass is 310 g/mol. The molecule has 0 aromatic rings. The third-order valence-corrected chi connectivity index (χ3v) is 0. The summed E-state index contributed by atoms with van der Waals surface area (Å²) in [6.07, 6.45) is 0. The van der Waals surface area contributed by atoms with Crippen molar-refractivity contribution in [3.63, 3.8) is 0 Å². The van der Waals surface area contributed by atoms with Crippen LogP contribution in [-0.2, 0) is 0 Å². The Labute approximate surface area is 54.4 Å². The Morgan fingerprint density at radius 1 is 0.750 bits per heavy atom. The van der Waals surface area contributed by atoms with Gasteiger partial charge in [0.05, 0.1) is 0 Å². The van der Waals surface area contributed by atoms with Crippen molar-refractivity contribution in [1.82, 2.24) is 0 Å². The number of rotatable bonds is 0. The van der Waals surface area contributed by atoms with Gasteiger partial charge in [-0.3, -0.25) is 0 Å². The third-order valence-electron chi connectivity index (χ3n) is 0. The molecular formula is H5ClO2U. The smallest absolute Gasteiger partial charge is 0 e. The largest absolute Gasteiger partial charge is 0.412 e. The standard InChI is InChI=1S/ClH.2H2O.U/h1H;2*1H2;. The minimum Gasteiger partial charge on any atom is -0.412 e. The Morgan fingerprint density at radius 2 is 0.750 bits per heavy atom. The van der Waals surface area contributed by atoms with Crippen LogP contribution in [0.15, 0.2) is 0 Å². The van der Waals surface area contributed by atoms with Crippen LogP contribution in [0, 0.1) is 31.1 Å².